The van der Waals surface area contributed by atoms with E-state index in [9.17, 15) is 10.1 Å². The molecule has 0 aromatic heterocycles. The minimum atomic E-state index is -0.498. The van der Waals surface area contributed by atoms with Crippen LogP contribution in [0.4, 0.5) is 11.4 Å². The lowest BCUT2D eigenvalue weighted by molar-refractivity contribution is -0.384. The van der Waals surface area contributed by atoms with Crippen molar-refractivity contribution in [3.05, 3.63) is 33.9 Å². The van der Waals surface area contributed by atoms with Gasteiger partial charge in [0.15, 0.2) is 0 Å². The predicted molar refractivity (Wildman–Crippen MR) is 78.7 cm³/mol. The lowest BCUT2D eigenvalue weighted by Gasteiger charge is -2.25. The number of nitrogens with zero attached hydrogens (tertiary/aromatic N) is 3. The predicted octanol–water partition coefficient (Wildman–Crippen LogP) is 2.61. The maximum atomic E-state index is 10.7. The first kappa shape index (κ1) is 15.9. The van der Waals surface area contributed by atoms with Gasteiger partial charge in [-0.05, 0) is 26.5 Å². The van der Waals surface area contributed by atoms with Gasteiger partial charge in [-0.25, -0.2) is 0 Å². The molecule has 1 aromatic rings. The maximum Gasteiger partial charge on any atom is 0.270 e. The summed E-state index contributed by atoms with van der Waals surface area (Å²) in [5.41, 5.74) is 0.870. The van der Waals surface area contributed by atoms with Gasteiger partial charge < -0.3 is 5.32 Å². The highest BCUT2D eigenvalue weighted by atomic mass is 16.6. The first-order valence-corrected chi connectivity index (χ1v) is 6.66. The highest BCUT2D eigenvalue weighted by Gasteiger charge is 2.11. The normalized spacial score (nSPS) is 10.6. The van der Waals surface area contributed by atoms with E-state index in [4.69, 9.17) is 5.26 Å². The van der Waals surface area contributed by atoms with Crippen molar-refractivity contribution in [1.82, 2.24) is 4.90 Å². The highest BCUT2D eigenvalue weighted by molar-refractivity contribution is 5.61. The summed E-state index contributed by atoms with van der Waals surface area (Å²) >= 11 is 0. The van der Waals surface area contributed by atoms with Crippen molar-refractivity contribution in [2.75, 3.05) is 25.0 Å². The van der Waals surface area contributed by atoms with Crippen LogP contribution in [0.15, 0.2) is 18.2 Å². The molecule has 20 heavy (non-hydrogen) atoms. The molecule has 0 bridgehead atoms. The molecule has 6 nitrogen and oxygen atoms in total. The molecule has 0 aliphatic heterocycles. The van der Waals surface area contributed by atoms with Gasteiger partial charge in [0.05, 0.1) is 16.2 Å². The standard InChI is InChI=1S/C14H20N4O2/c1-4-17(11(2)3)8-7-16-14-6-5-13(18(19)20)9-12(14)10-15/h5-6,9,11,16H,4,7-8H2,1-3H3. The molecule has 0 heterocycles. The molecule has 6 heteroatoms. The van der Waals surface area contributed by atoms with Crippen LogP contribution < -0.4 is 5.32 Å². The fourth-order valence-electron chi connectivity index (χ4n) is 2.01. The molecule has 1 rings (SSSR count). The number of non-ortho nitro benzene ring substituents is 1. The van der Waals surface area contributed by atoms with E-state index < -0.39 is 4.92 Å². The van der Waals surface area contributed by atoms with Gasteiger partial charge in [0.25, 0.3) is 5.69 Å². The van der Waals surface area contributed by atoms with Crippen molar-refractivity contribution >= 4 is 11.4 Å². The van der Waals surface area contributed by atoms with Crippen LogP contribution in [0.1, 0.15) is 26.3 Å². The van der Waals surface area contributed by atoms with E-state index in [2.05, 4.69) is 31.0 Å². The van der Waals surface area contributed by atoms with Crippen LogP contribution in [0.5, 0.6) is 0 Å². The minimum Gasteiger partial charge on any atom is -0.383 e. The Hall–Kier alpha value is -2.13. The number of hydrogen-bond acceptors (Lipinski definition) is 5. The van der Waals surface area contributed by atoms with Crippen molar-refractivity contribution in [2.45, 2.75) is 26.8 Å². The molecule has 0 unspecified atom stereocenters. The Balaban J connectivity index is 2.69. The van der Waals surface area contributed by atoms with E-state index in [0.29, 0.717) is 23.8 Å². The number of benzene rings is 1. The third-order valence-corrected chi connectivity index (χ3v) is 3.19. The van der Waals surface area contributed by atoms with Gasteiger partial charge in [0.2, 0.25) is 0 Å². The molecule has 1 N–H and O–H groups in total. The molecule has 0 spiro atoms. The van der Waals surface area contributed by atoms with Crippen molar-refractivity contribution in [3.8, 4) is 6.07 Å². The molecule has 0 saturated heterocycles. The third kappa shape index (κ3) is 4.21. The summed E-state index contributed by atoms with van der Waals surface area (Å²) in [5, 5.41) is 22.9. The molecule has 0 amide bonds. The van der Waals surface area contributed by atoms with Crippen LogP contribution >= 0.6 is 0 Å². The van der Waals surface area contributed by atoms with Crippen LogP contribution in [0, 0.1) is 21.4 Å². The topological polar surface area (TPSA) is 82.2 Å². The first-order valence-electron chi connectivity index (χ1n) is 6.66. The summed E-state index contributed by atoms with van der Waals surface area (Å²) in [6, 6.07) is 6.74. The third-order valence-electron chi connectivity index (χ3n) is 3.19. The van der Waals surface area contributed by atoms with E-state index in [-0.39, 0.29) is 5.69 Å². The summed E-state index contributed by atoms with van der Waals surface area (Å²) in [7, 11) is 0. The Labute approximate surface area is 119 Å². The number of likely N-dealkylation sites (N-methyl/N-ethyl adjacent to an activating group) is 1. The van der Waals surface area contributed by atoms with Crippen LogP contribution in [-0.2, 0) is 0 Å². The minimum absolute atomic E-state index is 0.0653. The average Bonchev–Trinajstić information content (AvgIpc) is 2.43. The Bertz CT molecular complexity index is 508. The SMILES string of the molecule is CCN(CCNc1ccc([N+](=O)[O-])cc1C#N)C(C)C. The Kier molecular flexibility index (Phi) is 5.94. The van der Waals surface area contributed by atoms with E-state index in [1.54, 1.807) is 6.07 Å². The first-order chi connectivity index (χ1) is 9.49. The van der Waals surface area contributed by atoms with Gasteiger partial charge >= 0.3 is 0 Å². The Morgan fingerprint density at radius 1 is 1.50 bits per heavy atom. The zero-order valence-electron chi connectivity index (χ0n) is 12.1. The number of nitro groups is 1. The second-order valence-electron chi connectivity index (χ2n) is 4.75. The number of nitrogens with one attached hydrogen (secondary N) is 1. The molecule has 108 valence electrons. The van der Waals surface area contributed by atoms with Gasteiger partial charge in [-0.2, -0.15) is 5.26 Å². The summed E-state index contributed by atoms with van der Waals surface area (Å²) in [5.74, 6) is 0. The summed E-state index contributed by atoms with van der Waals surface area (Å²) < 4.78 is 0. The van der Waals surface area contributed by atoms with Crippen LogP contribution in [-0.4, -0.2) is 35.5 Å². The number of anilines is 1. The largest absolute Gasteiger partial charge is 0.383 e. The zero-order valence-corrected chi connectivity index (χ0v) is 12.1. The van der Waals surface area contributed by atoms with Gasteiger partial charge in [-0.1, -0.05) is 6.92 Å². The average molecular weight is 276 g/mol. The molecule has 0 aliphatic rings. The highest BCUT2D eigenvalue weighted by Crippen LogP contribution is 2.21. The number of nitriles is 1. The fourth-order valence-corrected chi connectivity index (χ4v) is 2.01. The Morgan fingerprint density at radius 2 is 2.20 bits per heavy atom. The number of nitro benzene ring substituents is 1. The smallest absolute Gasteiger partial charge is 0.270 e. The summed E-state index contributed by atoms with van der Waals surface area (Å²) in [6.45, 7) is 8.89. The van der Waals surface area contributed by atoms with Crippen LogP contribution in [0.25, 0.3) is 0 Å². The zero-order chi connectivity index (χ0) is 15.1. The molecular formula is C14H20N4O2. The van der Waals surface area contributed by atoms with Crippen LogP contribution in [0.3, 0.4) is 0 Å². The number of hydrogen-bond donors (Lipinski definition) is 1. The summed E-state index contributed by atoms with van der Waals surface area (Å²) in [6.07, 6.45) is 0. The molecule has 0 atom stereocenters. The molecule has 1 aromatic carbocycles. The van der Waals surface area contributed by atoms with Gasteiger partial charge in [0.1, 0.15) is 6.07 Å². The number of rotatable bonds is 7. The van der Waals surface area contributed by atoms with Gasteiger partial charge in [0, 0.05) is 31.3 Å². The lowest BCUT2D eigenvalue weighted by atomic mass is 10.1. The van der Waals surface area contributed by atoms with Gasteiger partial charge in [-0.15, -0.1) is 0 Å². The van der Waals surface area contributed by atoms with Gasteiger partial charge in [-0.3, -0.25) is 15.0 Å². The van der Waals surface area contributed by atoms with Crippen molar-refractivity contribution in [3.63, 3.8) is 0 Å². The molecule has 0 aliphatic carbocycles. The van der Waals surface area contributed by atoms with Crippen molar-refractivity contribution < 1.29 is 4.92 Å². The van der Waals surface area contributed by atoms with E-state index in [0.717, 1.165) is 13.1 Å². The van der Waals surface area contributed by atoms with Crippen LogP contribution in [0.2, 0.25) is 0 Å². The maximum absolute atomic E-state index is 10.7. The fraction of sp³-hybridized carbons (Fsp3) is 0.500. The van der Waals surface area contributed by atoms with Crippen molar-refractivity contribution in [2.24, 2.45) is 0 Å². The quantitative estimate of drug-likeness (QED) is 0.611. The second kappa shape index (κ2) is 7.46. The summed E-state index contributed by atoms with van der Waals surface area (Å²) in [4.78, 5) is 12.5. The molecule has 0 fully saturated rings. The monoisotopic (exact) mass is 276 g/mol. The van der Waals surface area contributed by atoms with E-state index in [1.165, 1.54) is 12.1 Å². The van der Waals surface area contributed by atoms with Crippen molar-refractivity contribution in [1.29, 1.82) is 5.26 Å². The molecular weight excluding hydrogens is 256 g/mol. The molecule has 0 radical (unpaired) electrons. The molecule has 0 saturated carbocycles. The van der Waals surface area contributed by atoms with E-state index >= 15 is 0 Å². The van der Waals surface area contributed by atoms with E-state index in [1.807, 2.05) is 6.07 Å². The Morgan fingerprint density at radius 3 is 2.70 bits per heavy atom. The second-order valence-corrected chi connectivity index (χ2v) is 4.75. The lowest BCUT2D eigenvalue weighted by Crippen LogP contribution is -2.34.